The number of carbonyl (C=O) groups excluding carboxylic acids is 2. The third kappa shape index (κ3) is 2.28. The molecule has 0 saturated carbocycles. The average Bonchev–Trinajstić information content (AvgIpc) is 2.22. The van der Waals surface area contributed by atoms with Gasteiger partial charge in [0.25, 0.3) is 0 Å². The number of hydrogen-bond donors (Lipinski definition) is 0. The van der Waals surface area contributed by atoms with Gasteiger partial charge in [-0.1, -0.05) is 41.5 Å². The Hall–Kier alpha value is -0.860. The zero-order valence-electron chi connectivity index (χ0n) is 11.1. The number of ether oxygens (including phenoxy) is 1. The van der Waals surface area contributed by atoms with Gasteiger partial charge in [-0.05, 0) is 17.3 Å². The second-order valence-corrected chi connectivity index (χ2v) is 7.01. The standard InChI is InChI=1S/C13H22O3/c1-11(2,3)8-13(12(4,5)6)7-9(14)16-10(13)15/h7-8H2,1-6H3. The maximum absolute atomic E-state index is 12.0. The van der Waals surface area contributed by atoms with Crippen molar-refractivity contribution in [3.8, 4) is 0 Å². The van der Waals surface area contributed by atoms with Crippen LogP contribution in [0.25, 0.3) is 0 Å². The number of rotatable bonds is 1. The molecule has 1 rings (SSSR count). The summed E-state index contributed by atoms with van der Waals surface area (Å²) in [5, 5.41) is 0. The summed E-state index contributed by atoms with van der Waals surface area (Å²) < 4.78 is 4.77. The first-order chi connectivity index (χ1) is 6.98. The maximum atomic E-state index is 12.0. The van der Waals surface area contributed by atoms with Crippen LogP contribution in [0.1, 0.15) is 54.4 Å². The molecular formula is C13H22O3. The quantitative estimate of drug-likeness (QED) is 0.510. The van der Waals surface area contributed by atoms with Crippen LogP contribution >= 0.6 is 0 Å². The van der Waals surface area contributed by atoms with E-state index in [1.54, 1.807) is 0 Å². The van der Waals surface area contributed by atoms with Gasteiger partial charge in [0.2, 0.25) is 0 Å². The largest absolute Gasteiger partial charge is 0.393 e. The van der Waals surface area contributed by atoms with Gasteiger partial charge in [0, 0.05) is 0 Å². The lowest BCUT2D eigenvalue weighted by Crippen LogP contribution is -2.42. The van der Waals surface area contributed by atoms with Gasteiger partial charge in [-0.25, -0.2) is 0 Å². The Morgan fingerprint density at radius 1 is 1.12 bits per heavy atom. The number of hydrogen-bond acceptors (Lipinski definition) is 3. The molecule has 1 unspecified atom stereocenters. The van der Waals surface area contributed by atoms with E-state index >= 15 is 0 Å². The fraction of sp³-hybridized carbons (Fsp3) is 0.846. The van der Waals surface area contributed by atoms with Gasteiger partial charge in [0.1, 0.15) is 0 Å². The van der Waals surface area contributed by atoms with Gasteiger partial charge < -0.3 is 4.74 Å². The molecule has 1 heterocycles. The Morgan fingerprint density at radius 2 is 1.62 bits per heavy atom. The van der Waals surface area contributed by atoms with Crippen molar-refractivity contribution in [2.75, 3.05) is 0 Å². The first-order valence-corrected chi connectivity index (χ1v) is 5.73. The van der Waals surface area contributed by atoms with Crippen molar-refractivity contribution in [1.82, 2.24) is 0 Å². The van der Waals surface area contributed by atoms with Crippen LogP contribution in [0.5, 0.6) is 0 Å². The SMILES string of the molecule is CC(C)(C)CC1(C(C)(C)C)CC(=O)OC1=O. The lowest BCUT2D eigenvalue weighted by molar-refractivity contribution is -0.159. The lowest BCUT2D eigenvalue weighted by atomic mass is 9.59. The molecule has 0 aromatic carbocycles. The van der Waals surface area contributed by atoms with Gasteiger partial charge in [-0.2, -0.15) is 0 Å². The molecular weight excluding hydrogens is 204 g/mol. The molecule has 0 amide bonds. The zero-order chi connectivity index (χ0) is 12.8. The molecule has 3 nitrogen and oxygen atoms in total. The summed E-state index contributed by atoms with van der Waals surface area (Å²) in [6.45, 7) is 12.2. The fourth-order valence-corrected chi connectivity index (χ4v) is 2.43. The molecule has 0 aliphatic carbocycles. The Kier molecular flexibility index (Phi) is 2.95. The predicted octanol–water partition coefficient (Wildman–Crippen LogP) is 2.93. The third-order valence-corrected chi connectivity index (χ3v) is 3.31. The second-order valence-electron chi connectivity index (χ2n) is 7.01. The Morgan fingerprint density at radius 3 is 1.88 bits per heavy atom. The normalized spacial score (nSPS) is 27.1. The van der Waals surface area contributed by atoms with E-state index in [0.29, 0.717) is 6.42 Å². The number of esters is 2. The molecule has 0 spiro atoms. The second kappa shape index (κ2) is 3.57. The molecule has 3 heteroatoms. The van der Waals surface area contributed by atoms with E-state index in [-0.39, 0.29) is 29.2 Å². The van der Waals surface area contributed by atoms with Gasteiger partial charge in [0.15, 0.2) is 0 Å². The number of carbonyl (C=O) groups is 2. The molecule has 92 valence electrons. The topological polar surface area (TPSA) is 43.4 Å². The van der Waals surface area contributed by atoms with Gasteiger partial charge >= 0.3 is 11.9 Å². The van der Waals surface area contributed by atoms with E-state index in [9.17, 15) is 9.59 Å². The summed E-state index contributed by atoms with van der Waals surface area (Å²) in [4.78, 5) is 23.3. The smallest absolute Gasteiger partial charge is 0.320 e. The summed E-state index contributed by atoms with van der Waals surface area (Å²) in [5.41, 5.74) is -0.928. The first-order valence-electron chi connectivity index (χ1n) is 5.73. The van der Waals surface area contributed by atoms with Gasteiger partial charge in [0.05, 0.1) is 11.8 Å². The highest BCUT2D eigenvalue weighted by Gasteiger charge is 2.57. The maximum Gasteiger partial charge on any atom is 0.320 e. The molecule has 0 aromatic heterocycles. The van der Waals surface area contributed by atoms with Gasteiger partial charge in [-0.3, -0.25) is 9.59 Å². The molecule has 1 aliphatic heterocycles. The van der Waals surface area contributed by atoms with Crippen molar-refractivity contribution < 1.29 is 14.3 Å². The van der Waals surface area contributed by atoms with Crippen LogP contribution < -0.4 is 0 Å². The summed E-state index contributed by atoms with van der Waals surface area (Å²) in [7, 11) is 0. The van der Waals surface area contributed by atoms with E-state index in [1.807, 2.05) is 20.8 Å². The van der Waals surface area contributed by atoms with Crippen molar-refractivity contribution in [2.45, 2.75) is 54.4 Å². The molecule has 0 radical (unpaired) electrons. The van der Waals surface area contributed by atoms with E-state index in [0.717, 1.165) is 0 Å². The van der Waals surface area contributed by atoms with Gasteiger partial charge in [-0.15, -0.1) is 0 Å². The van der Waals surface area contributed by atoms with Crippen molar-refractivity contribution in [3.05, 3.63) is 0 Å². The zero-order valence-corrected chi connectivity index (χ0v) is 11.1. The van der Waals surface area contributed by atoms with Crippen LogP contribution in [-0.4, -0.2) is 11.9 Å². The van der Waals surface area contributed by atoms with Crippen molar-refractivity contribution >= 4 is 11.9 Å². The third-order valence-electron chi connectivity index (χ3n) is 3.31. The van der Waals surface area contributed by atoms with E-state index in [2.05, 4.69) is 20.8 Å². The molecule has 1 aliphatic rings. The fourth-order valence-electron chi connectivity index (χ4n) is 2.43. The molecule has 1 atom stereocenters. The molecule has 1 fully saturated rings. The lowest BCUT2D eigenvalue weighted by Gasteiger charge is -2.41. The van der Waals surface area contributed by atoms with E-state index in [4.69, 9.17) is 4.74 Å². The van der Waals surface area contributed by atoms with Crippen molar-refractivity contribution in [1.29, 1.82) is 0 Å². The van der Waals surface area contributed by atoms with E-state index < -0.39 is 5.41 Å². The van der Waals surface area contributed by atoms with E-state index in [1.165, 1.54) is 0 Å². The molecule has 0 aromatic rings. The molecule has 1 saturated heterocycles. The van der Waals surface area contributed by atoms with Crippen LogP contribution in [0.4, 0.5) is 0 Å². The Labute approximate surface area is 97.5 Å². The van der Waals surface area contributed by atoms with Crippen molar-refractivity contribution in [2.24, 2.45) is 16.2 Å². The number of cyclic esters (lactones) is 2. The average molecular weight is 226 g/mol. The predicted molar refractivity (Wildman–Crippen MR) is 61.7 cm³/mol. The summed E-state index contributed by atoms with van der Waals surface area (Å²) in [5.74, 6) is -0.732. The van der Waals surface area contributed by atoms with Crippen LogP contribution in [0.2, 0.25) is 0 Å². The minimum Gasteiger partial charge on any atom is -0.393 e. The first kappa shape index (κ1) is 13.2. The highest BCUT2D eigenvalue weighted by molar-refractivity contribution is 5.98. The molecule has 0 N–H and O–H groups in total. The van der Waals surface area contributed by atoms with Crippen LogP contribution in [0.3, 0.4) is 0 Å². The van der Waals surface area contributed by atoms with Crippen LogP contribution in [0, 0.1) is 16.2 Å². The highest BCUT2D eigenvalue weighted by atomic mass is 16.6. The molecule has 0 bridgehead atoms. The van der Waals surface area contributed by atoms with Crippen molar-refractivity contribution in [3.63, 3.8) is 0 Å². The summed E-state index contributed by atoms with van der Waals surface area (Å²) in [6.07, 6.45) is 0.890. The summed E-state index contributed by atoms with van der Waals surface area (Å²) in [6, 6.07) is 0. The van der Waals surface area contributed by atoms with Crippen LogP contribution in [0.15, 0.2) is 0 Å². The Balaban J connectivity index is 3.14. The monoisotopic (exact) mass is 226 g/mol. The highest BCUT2D eigenvalue weighted by Crippen LogP contribution is 2.52. The molecule has 16 heavy (non-hydrogen) atoms. The minimum atomic E-state index is -0.664. The summed E-state index contributed by atoms with van der Waals surface area (Å²) >= 11 is 0. The van der Waals surface area contributed by atoms with Crippen LogP contribution in [-0.2, 0) is 14.3 Å². The Bertz CT molecular complexity index is 317. The minimum absolute atomic E-state index is 0.00306.